The number of nitrogens with zero attached hydrogens (tertiary/aromatic N) is 4. The van der Waals surface area contributed by atoms with Crippen molar-refractivity contribution in [3.63, 3.8) is 0 Å². The summed E-state index contributed by atoms with van der Waals surface area (Å²) in [7, 11) is 0. The van der Waals surface area contributed by atoms with Crippen LogP contribution >= 0.6 is 24.0 Å². The van der Waals surface area contributed by atoms with Crippen LogP contribution in [0.25, 0.3) is 5.69 Å². The normalized spacial score (nSPS) is 15.2. The van der Waals surface area contributed by atoms with Crippen molar-refractivity contribution in [2.45, 2.75) is 13.5 Å². The quantitative estimate of drug-likeness (QED) is 0.357. The third kappa shape index (κ3) is 7.11. The molecule has 0 unspecified atom stereocenters. The molecular weight excluding hydrogens is 455 g/mol. The first-order valence-corrected chi connectivity index (χ1v) is 9.26. The third-order valence-corrected chi connectivity index (χ3v) is 4.24. The number of ether oxygens (including phenoxy) is 1. The van der Waals surface area contributed by atoms with Gasteiger partial charge in [-0.25, -0.2) is 9.67 Å². The largest absolute Gasteiger partial charge is 0.379 e. The van der Waals surface area contributed by atoms with Crippen LogP contribution in [0.2, 0.25) is 0 Å². The Hall–Kier alpha value is -1.65. The first kappa shape index (κ1) is 21.6. The van der Waals surface area contributed by atoms with Gasteiger partial charge in [-0.3, -0.25) is 4.90 Å². The van der Waals surface area contributed by atoms with E-state index in [0.717, 1.165) is 63.1 Å². The summed E-state index contributed by atoms with van der Waals surface area (Å²) in [6.45, 7) is 9.06. The molecule has 2 heterocycles. The summed E-state index contributed by atoms with van der Waals surface area (Å²) >= 11 is 0. The molecule has 1 aromatic carbocycles. The number of aromatic nitrogens is 2. The third-order valence-electron chi connectivity index (χ3n) is 4.24. The average Bonchev–Trinajstić information content (AvgIpc) is 3.17. The smallest absolute Gasteiger partial charge is 0.191 e. The van der Waals surface area contributed by atoms with Crippen molar-refractivity contribution in [1.82, 2.24) is 25.3 Å². The van der Waals surface area contributed by atoms with Crippen LogP contribution in [0.4, 0.5) is 0 Å². The SMILES string of the molecule is CCNC(=NCc1cnn(-c2ccccc2)c1)NCCN1CCOCC1.I. The van der Waals surface area contributed by atoms with Crippen LogP contribution in [0.1, 0.15) is 12.5 Å². The van der Waals surface area contributed by atoms with Gasteiger partial charge >= 0.3 is 0 Å². The number of benzene rings is 1. The maximum absolute atomic E-state index is 5.38. The Labute approximate surface area is 178 Å². The Morgan fingerprint density at radius 3 is 2.70 bits per heavy atom. The van der Waals surface area contributed by atoms with Crippen molar-refractivity contribution in [3.8, 4) is 5.69 Å². The van der Waals surface area contributed by atoms with Gasteiger partial charge in [0, 0.05) is 44.5 Å². The summed E-state index contributed by atoms with van der Waals surface area (Å²) in [6.07, 6.45) is 3.89. The number of hydrogen-bond acceptors (Lipinski definition) is 4. The highest BCUT2D eigenvalue weighted by Gasteiger charge is 2.09. The molecule has 0 atom stereocenters. The zero-order valence-electron chi connectivity index (χ0n) is 15.8. The van der Waals surface area contributed by atoms with Crippen LogP contribution in [0, 0.1) is 0 Å². The van der Waals surface area contributed by atoms with E-state index in [2.05, 4.69) is 32.5 Å². The second-order valence-corrected chi connectivity index (χ2v) is 6.20. The number of hydrogen-bond donors (Lipinski definition) is 2. The summed E-state index contributed by atoms with van der Waals surface area (Å²) in [5, 5.41) is 11.1. The molecule has 27 heavy (non-hydrogen) atoms. The predicted molar refractivity (Wildman–Crippen MR) is 119 cm³/mol. The van der Waals surface area contributed by atoms with Crippen LogP contribution in [0.5, 0.6) is 0 Å². The van der Waals surface area contributed by atoms with Crippen molar-refractivity contribution in [3.05, 3.63) is 48.3 Å². The number of nitrogens with one attached hydrogen (secondary N) is 2. The molecule has 1 aliphatic rings. The molecule has 8 heteroatoms. The molecule has 7 nitrogen and oxygen atoms in total. The van der Waals surface area contributed by atoms with Crippen molar-refractivity contribution in [1.29, 1.82) is 0 Å². The summed E-state index contributed by atoms with van der Waals surface area (Å²) in [4.78, 5) is 7.08. The predicted octanol–water partition coefficient (Wildman–Crippen LogP) is 1.88. The molecule has 0 amide bonds. The molecule has 3 rings (SSSR count). The van der Waals surface area contributed by atoms with Crippen molar-refractivity contribution in [2.75, 3.05) is 45.9 Å². The van der Waals surface area contributed by atoms with E-state index in [4.69, 9.17) is 4.74 Å². The van der Waals surface area contributed by atoms with Gasteiger partial charge in [0.05, 0.1) is 31.6 Å². The Kier molecular flexibility index (Phi) is 9.57. The van der Waals surface area contributed by atoms with Gasteiger partial charge in [-0.05, 0) is 19.1 Å². The Balaban J connectivity index is 0.00000261. The van der Waals surface area contributed by atoms with Gasteiger partial charge in [0.25, 0.3) is 0 Å². The van der Waals surface area contributed by atoms with E-state index in [1.807, 2.05) is 47.4 Å². The van der Waals surface area contributed by atoms with E-state index < -0.39 is 0 Å². The van der Waals surface area contributed by atoms with Gasteiger partial charge in [-0.1, -0.05) is 18.2 Å². The molecule has 0 aliphatic carbocycles. The second kappa shape index (κ2) is 11.9. The molecule has 1 saturated heterocycles. The fourth-order valence-corrected chi connectivity index (χ4v) is 2.83. The topological polar surface area (TPSA) is 66.7 Å². The molecule has 0 radical (unpaired) electrons. The number of morpholine rings is 1. The zero-order chi connectivity index (χ0) is 18.0. The van der Waals surface area contributed by atoms with E-state index in [9.17, 15) is 0 Å². The Bertz CT molecular complexity index is 685. The lowest BCUT2D eigenvalue weighted by Crippen LogP contribution is -2.44. The van der Waals surface area contributed by atoms with E-state index >= 15 is 0 Å². The number of guanidine groups is 1. The molecule has 1 aliphatic heterocycles. The van der Waals surface area contributed by atoms with Crippen LogP contribution in [0.3, 0.4) is 0 Å². The van der Waals surface area contributed by atoms with Gasteiger partial charge in [0.1, 0.15) is 0 Å². The fraction of sp³-hybridized carbons (Fsp3) is 0.474. The molecule has 0 saturated carbocycles. The van der Waals surface area contributed by atoms with Gasteiger partial charge in [0.2, 0.25) is 0 Å². The Morgan fingerprint density at radius 1 is 1.19 bits per heavy atom. The Morgan fingerprint density at radius 2 is 1.96 bits per heavy atom. The first-order valence-electron chi connectivity index (χ1n) is 9.26. The summed E-state index contributed by atoms with van der Waals surface area (Å²) in [6, 6.07) is 10.1. The number of aliphatic imine (C=N–C) groups is 1. The molecular formula is C19H29IN6O. The maximum atomic E-state index is 5.38. The van der Waals surface area contributed by atoms with Gasteiger partial charge in [0.15, 0.2) is 5.96 Å². The highest BCUT2D eigenvalue weighted by atomic mass is 127. The summed E-state index contributed by atoms with van der Waals surface area (Å²) < 4.78 is 7.26. The molecule has 2 N–H and O–H groups in total. The summed E-state index contributed by atoms with van der Waals surface area (Å²) in [5.74, 6) is 0.841. The van der Waals surface area contributed by atoms with Crippen LogP contribution in [-0.4, -0.2) is 66.6 Å². The number of para-hydroxylation sites is 1. The molecule has 1 aromatic heterocycles. The average molecular weight is 484 g/mol. The maximum Gasteiger partial charge on any atom is 0.191 e. The van der Waals surface area contributed by atoms with Gasteiger partial charge < -0.3 is 15.4 Å². The van der Waals surface area contributed by atoms with Crippen LogP contribution in [-0.2, 0) is 11.3 Å². The van der Waals surface area contributed by atoms with E-state index in [1.165, 1.54) is 0 Å². The second-order valence-electron chi connectivity index (χ2n) is 6.20. The van der Waals surface area contributed by atoms with Gasteiger partial charge in [-0.15, -0.1) is 24.0 Å². The van der Waals surface area contributed by atoms with Crippen molar-refractivity contribution in [2.24, 2.45) is 4.99 Å². The lowest BCUT2D eigenvalue weighted by Gasteiger charge is -2.26. The van der Waals surface area contributed by atoms with Crippen molar-refractivity contribution >= 4 is 29.9 Å². The minimum atomic E-state index is 0. The van der Waals surface area contributed by atoms with Crippen LogP contribution < -0.4 is 10.6 Å². The van der Waals surface area contributed by atoms with E-state index in [-0.39, 0.29) is 24.0 Å². The zero-order valence-corrected chi connectivity index (χ0v) is 18.1. The molecule has 148 valence electrons. The van der Waals surface area contributed by atoms with Crippen LogP contribution in [0.15, 0.2) is 47.7 Å². The summed E-state index contributed by atoms with van der Waals surface area (Å²) in [5.41, 5.74) is 2.14. The standard InChI is InChI=1S/C19H28N6O.HI/c1-2-20-19(21-8-9-24-10-12-26-13-11-24)22-14-17-15-23-25(16-17)18-6-4-3-5-7-18;/h3-7,15-16H,2,8-14H2,1H3,(H2,20,21,22);1H. The number of halogens is 1. The molecule has 0 spiro atoms. The minimum absolute atomic E-state index is 0. The van der Waals surface area contributed by atoms with E-state index in [0.29, 0.717) is 6.54 Å². The lowest BCUT2D eigenvalue weighted by molar-refractivity contribution is 0.0389. The van der Waals surface area contributed by atoms with E-state index in [1.54, 1.807) is 0 Å². The lowest BCUT2D eigenvalue weighted by atomic mass is 10.3. The highest BCUT2D eigenvalue weighted by Crippen LogP contribution is 2.08. The fourth-order valence-electron chi connectivity index (χ4n) is 2.83. The highest BCUT2D eigenvalue weighted by molar-refractivity contribution is 14.0. The van der Waals surface area contributed by atoms with Gasteiger partial charge in [-0.2, -0.15) is 5.10 Å². The first-order chi connectivity index (χ1) is 12.8. The molecule has 1 fully saturated rings. The number of rotatable bonds is 7. The minimum Gasteiger partial charge on any atom is -0.379 e. The molecule has 2 aromatic rings. The molecule has 0 bridgehead atoms. The van der Waals surface area contributed by atoms with Crippen molar-refractivity contribution < 1.29 is 4.74 Å². The monoisotopic (exact) mass is 484 g/mol.